The molecule has 0 bridgehead atoms. The van der Waals surface area contributed by atoms with Crippen LogP contribution in [0.15, 0.2) is 42.5 Å². The van der Waals surface area contributed by atoms with E-state index in [4.69, 9.17) is 9.47 Å². The molecule has 2 aromatic carbocycles. The molecule has 7 heteroatoms. The van der Waals surface area contributed by atoms with E-state index in [-0.39, 0.29) is 5.91 Å². The van der Waals surface area contributed by atoms with Crippen molar-refractivity contribution < 1.29 is 14.3 Å². The molecule has 0 radical (unpaired) electrons. The second-order valence-electron chi connectivity index (χ2n) is 5.95. The highest BCUT2D eigenvalue weighted by Crippen LogP contribution is 2.40. The number of benzene rings is 2. The number of imidazole rings is 1. The number of nitrogens with one attached hydrogen (secondary N) is 1. The van der Waals surface area contributed by atoms with E-state index in [0.717, 1.165) is 16.6 Å². The van der Waals surface area contributed by atoms with Crippen molar-refractivity contribution in [3.8, 4) is 17.6 Å². The summed E-state index contributed by atoms with van der Waals surface area (Å²) in [6.45, 7) is 0. The zero-order valence-electron chi connectivity index (χ0n) is 14.3. The predicted octanol–water partition coefficient (Wildman–Crippen LogP) is 2.73. The number of carbonyl (C=O) groups excluding carboxylic acids is 1. The highest BCUT2D eigenvalue weighted by Gasteiger charge is 2.39. The van der Waals surface area contributed by atoms with E-state index in [1.807, 2.05) is 34.9 Å². The molecule has 4 rings (SSSR count). The molecule has 1 amide bonds. The van der Waals surface area contributed by atoms with Crippen LogP contribution >= 0.6 is 0 Å². The highest BCUT2D eigenvalue weighted by molar-refractivity contribution is 5.97. The first-order valence-electron chi connectivity index (χ1n) is 8.07. The molecule has 1 N–H and O–H groups in total. The zero-order valence-corrected chi connectivity index (χ0v) is 14.3. The zero-order chi connectivity index (χ0) is 18.3. The second kappa shape index (κ2) is 6.08. The standard InChI is InChI=1S/C19H16N4O3/c1-25-15-8-7-11(9-16(15)26-2)17-12(10-20)18(24)22-19-21-13-5-3-4-6-14(13)23(17)19/h3-9,12,17H,1-2H3,(H,21,22,24)/t12-,17+/m1/s1. The lowest BCUT2D eigenvalue weighted by Gasteiger charge is -2.30. The molecule has 3 aromatic rings. The quantitative estimate of drug-likeness (QED) is 0.786. The van der Waals surface area contributed by atoms with Gasteiger partial charge in [-0.2, -0.15) is 5.26 Å². The van der Waals surface area contributed by atoms with Crippen LogP contribution in [-0.2, 0) is 4.79 Å². The summed E-state index contributed by atoms with van der Waals surface area (Å²) in [4.78, 5) is 17.0. The third-order valence-corrected chi connectivity index (χ3v) is 4.60. The Morgan fingerprint density at radius 3 is 2.65 bits per heavy atom. The SMILES string of the molecule is COc1ccc([C@H]2[C@@H](C#N)C(=O)Nc3nc4ccccc4n32)cc1OC. The van der Waals surface area contributed by atoms with E-state index in [1.165, 1.54) is 0 Å². The molecule has 26 heavy (non-hydrogen) atoms. The van der Waals surface area contributed by atoms with E-state index < -0.39 is 12.0 Å². The molecular formula is C19H16N4O3. The van der Waals surface area contributed by atoms with Crippen molar-refractivity contribution in [2.75, 3.05) is 19.5 Å². The van der Waals surface area contributed by atoms with Gasteiger partial charge in [0.05, 0.1) is 37.4 Å². The average molecular weight is 348 g/mol. The summed E-state index contributed by atoms with van der Waals surface area (Å²) in [5, 5.41) is 12.4. The smallest absolute Gasteiger partial charge is 0.246 e. The summed E-state index contributed by atoms with van der Waals surface area (Å²) in [5.41, 5.74) is 2.38. The van der Waals surface area contributed by atoms with Crippen molar-refractivity contribution in [1.82, 2.24) is 9.55 Å². The lowest BCUT2D eigenvalue weighted by atomic mass is 9.91. The van der Waals surface area contributed by atoms with Gasteiger partial charge in [-0.25, -0.2) is 4.98 Å². The van der Waals surface area contributed by atoms with Gasteiger partial charge in [-0.05, 0) is 29.8 Å². The topological polar surface area (TPSA) is 89.2 Å². The van der Waals surface area contributed by atoms with Crippen LogP contribution in [-0.4, -0.2) is 29.7 Å². The molecule has 7 nitrogen and oxygen atoms in total. The number of ether oxygens (including phenoxy) is 2. The number of rotatable bonds is 3. The number of carbonyl (C=O) groups is 1. The summed E-state index contributed by atoms with van der Waals surface area (Å²) in [6.07, 6.45) is 0. The fourth-order valence-corrected chi connectivity index (χ4v) is 3.40. The summed E-state index contributed by atoms with van der Waals surface area (Å²) >= 11 is 0. The van der Waals surface area contributed by atoms with E-state index >= 15 is 0 Å². The minimum atomic E-state index is -0.891. The molecular weight excluding hydrogens is 332 g/mol. The van der Waals surface area contributed by atoms with Gasteiger partial charge in [0, 0.05) is 0 Å². The van der Waals surface area contributed by atoms with Crippen molar-refractivity contribution >= 4 is 22.9 Å². The van der Waals surface area contributed by atoms with Crippen molar-refractivity contribution in [2.24, 2.45) is 5.92 Å². The number of methoxy groups -OCH3 is 2. The number of hydrogen-bond donors (Lipinski definition) is 1. The third kappa shape index (κ3) is 2.27. The molecule has 0 aliphatic carbocycles. The highest BCUT2D eigenvalue weighted by atomic mass is 16.5. The van der Waals surface area contributed by atoms with Crippen molar-refractivity contribution in [3.05, 3.63) is 48.0 Å². The van der Waals surface area contributed by atoms with E-state index in [1.54, 1.807) is 26.4 Å². The van der Waals surface area contributed by atoms with Crippen molar-refractivity contribution in [2.45, 2.75) is 6.04 Å². The Hall–Kier alpha value is -3.53. The number of nitrogens with zero attached hydrogens (tertiary/aromatic N) is 3. The first kappa shape index (κ1) is 16.0. The van der Waals surface area contributed by atoms with E-state index in [2.05, 4.69) is 16.4 Å². The molecule has 1 aromatic heterocycles. The van der Waals surface area contributed by atoms with Crippen LogP contribution in [0, 0.1) is 17.2 Å². The number of aromatic nitrogens is 2. The van der Waals surface area contributed by atoms with Crippen LogP contribution in [0.25, 0.3) is 11.0 Å². The van der Waals surface area contributed by atoms with Gasteiger partial charge in [0.2, 0.25) is 11.9 Å². The predicted molar refractivity (Wildman–Crippen MR) is 95.2 cm³/mol. The second-order valence-corrected chi connectivity index (χ2v) is 5.95. The largest absolute Gasteiger partial charge is 0.493 e. The lowest BCUT2D eigenvalue weighted by molar-refractivity contribution is -0.119. The number of hydrogen-bond acceptors (Lipinski definition) is 5. The Morgan fingerprint density at radius 2 is 1.92 bits per heavy atom. The molecule has 0 saturated heterocycles. The van der Waals surface area contributed by atoms with Gasteiger partial charge in [0.1, 0.15) is 0 Å². The maximum absolute atomic E-state index is 12.5. The van der Waals surface area contributed by atoms with Gasteiger partial charge >= 0.3 is 0 Å². The molecule has 0 spiro atoms. The molecule has 2 atom stereocenters. The van der Waals surface area contributed by atoms with Gasteiger partial charge in [-0.1, -0.05) is 18.2 Å². The summed E-state index contributed by atoms with van der Waals surface area (Å²) < 4.78 is 12.6. The van der Waals surface area contributed by atoms with E-state index in [9.17, 15) is 10.1 Å². The first-order valence-corrected chi connectivity index (χ1v) is 8.07. The molecule has 0 unspecified atom stereocenters. The maximum atomic E-state index is 12.5. The Labute approximate surface area is 149 Å². The Bertz CT molecular complexity index is 1050. The van der Waals surface area contributed by atoms with Gasteiger partial charge in [0.25, 0.3) is 0 Å². The van der Waals surface area contributed by atoms with Gasteiger partial charge in [0.15, 0.2) is 17.4 Å². The fraction of sp³-hybridized carbons (Fsp3) is 0.211. The first-order chi connectivity index (χ1) is 12.7. The fourth-order valence-electron chi connectivity index (χ4n) is 3.40. The number of fused-ring (bicyclic) bond motifs is 3. The Balaban J connectivity index is 1.97. The number of nitriles is 1. The normalized spacial score (nSPS) is 18.7. The lowest BCUT2D eigenvalue weighted by Crippen LogP contribution is -2.37. The van der Waals surface area contributed by atoms with Crippen molar-refractivity contribution in [1.29, 1.82) is 5.26 Å². The van der Waals surface area contributed by atoms with Gasteiger partial charge < -0.3 is 14.0 Å². The molecule has 0 saturated carbocycles. The molecule has 2 heterocycles. The number of para-hydroxylation sites is 2. The molecule has 130 valence electrons. The minimum Gasteiger partial charge on any atom is -0.493 e. The van der Waals surface area contributed by atoms with Crippen molar-refractivity contribution in [3.63, 3.8) is 0 Å². The Kier molecular flexibility index (Phi) is 3.73. The van der Waals surface area contributed by atoms with Crippen LogP contribution in [0.4, 0.5) is 5.95 Å². The summed E-state index contributed by atoms with van der Waals surface area (Å²) in [6, 6.07) is 14.6. The molecule has 1 aliphatic rings. The summed E-state index contributed by atoms with van der Waals surface area (Å²) in [5.74, 6) is 0.301. The van der Waals surface area contributed by atoms with E-state index in [0.29, 0.717) is 17.4 Å². The summed E-state index contributed by atoms with van der Waals surface area (Å²) in [7, 11) is 3.11. The maximum Gasteiger partial charge on any atom is 0.246 e. The van der Waals surface area contributed by atoms with Crippen LogP contribution in [0.2, 0.25) is 0 Å². The average Bonchev–Trinajstić information content (AvgIpc) is 3.04. The third-order valence-electron chi connectivity index (χ3n) is 4.60. The number of amides is 1. The Morgan fingerprint density at radius 1 is 1.15 bits per heavy atom. The van der Waals surface area contributed by atoms with Gasteiger partial charge in [-0.3, -0.25) is 10.1 Å². The van der Waals surface area contributed by atoms with Crippen LogP contribution in [0.3, 0.4) is 0 Å². The van der Waals surface area contributed by atoms with Crippen LogP contribution < -0.4 is 14.8 Å². The van der Waals surface area contributed by atoms with Crippen LogP contribution in [0.1, 0.15) is 11.6 Å². The van der Waals surface area contributed by atoms with Crippen LogP contribution in [0.5, 0.6) is 11.5 Å². The molecule has 0 fully saturated rings. The molecule has 1 aliphatic heterocycles. The number of anilines is 1. The minimum absolute atomic E-state index is 0.366. The van der Waals surface area contributed by atoms with Gasteiger partial charge in [-0.15, -0.1) is 0 Å². The monoisotopic (exact) mass is 348 g/mol.